The summed E-state index contributed by atoms with van der Waals surface area (Å²) in [5, 5.41) is 3.87. The van der Waals surface area contributed by atoms with Crippen molar-refractivity contribution in [2.45, 2.75) is 19.4 Å². The van der Waals surface area contributed by atoms with Gasteiger partial charge in [0, 0.05) is 11.4 Å². The molecular formula is C14H16N4O. The number of carbonyl (C=O) groups excluding carboxylic acids is 1. The van der Waals surface area contributed by atoms with Crippen molar-refractivity contribution >= 4 is 22.6 Å². The number of nitrogens with one attached hydrogen (secondary N) is 2. The number of fused-ring (bicyclic) bond motifs is 1. The first-order valence-electron chi connectivity index (χ1n) is 6.36. The van der Waals surface area contributed by atoms with Gasteiger partial charge in [-0.15, -0.1) is 0 Å². The second kappa shape index (κ2) is 4.51. The number of hydrogen-bond donors (Lipinski definition) is 3. The Balaban J connectivity index is 2.02. The quantitative estimate of drug-likeness (QED) is 0.576. The molecule has 0 spiro atoms. The van der Waals surface area contributed by atoms with Gasteiger partial charge >= 0.3 is 0 Å². The summed E-state index contributed by atoms with van der Waals surface area (Å²) in [5.74, 6) is 6.40. The van der Waals surface area contributed by atoms with E-state index in [1.807, 2.05) is 24.3 Å². The number of hydrazine groups is 1. The van der Waals surface area contributed by atoms with Crippen LogP contribution in [-0.2, 0) is 0 Å². The van der Waals surface area contributed by atoms with Crippen molar-refractivity contribution in [3.63, 3.8) is 0 Å². The predicted molar refractivity (Wildman–Crippen MR) is 74.6 cm³/mol. The highest BCUT2D eigenvalue weighted by molar-refractivity contribution is 6.07. The van der Waals surface area contributed by atoms with Crippen LogP contribution >= 0.6 is 0 Å². The molecule has 4 N–H and O–H groups in total. The molecule has 1 amide bonds. The zero-order chi connectivity index (χ0) is 13.4. The Labute approximate surface area is 111 Å². The van der Waals surface area contributed by atoms with E-state index >= 15 is 0 Å². The number of nitrogens with two attached hydrogens (primary N) is 1. The minimum atomic E-state index is -0.0653. The van der Waals surface area contributed by atoms with Crippen LogP contribution in [0.15, 0.2) is 30.3 Å². The minimum Gasteiger partial charge on any atom is -0.349 e. The summed E-state index contributed by atoms with van der Waals surface area (Å²) < 4.78 is 0. The predicted octanol–water partition coefficient (Wildman–Crippen LogP) is 1.66. The first-order valence-corrected chi connectivity index (χ1v) is 6.36. The molecule has 1 heterocycles. The van der Waals surface area contributed by atoms with E-state index in [-0.39, 0.29) is 5.91 Å². The van der Waals surface area contributed by atoms with Crippen molar-refractivity contribution < 1.29 is 4.79 Å². The van der Waals surface area contributed by atoms with E-state index < -0.39 is 0 Å². The number of carbonyl (C=O) groups is 1. The molecule has 1 aromatic carbocycles. The fourth-order valence-corrected chi connectivity index (χ4v) is 2.21. The van der Waals surface area contributed by atoms with Gasteiger partial charge in [-0.1, -0.05) is 25.1 Å². The lowest BCUT2D eigenvalue weighted by atomic mass is 10.1. The normalized spacial score (nSPS) is 21.2. The molecule has 0 aliphatic heterocycles. The van der Waals surface area contributed by atoms with Crippen LogP contribution < -0.4 is 16.6 Å². The lowest BCUT2D eigenvalue weighted by Crippen LogP contribution is -2.27. The number of para-hydroxylation sites is 1. The van der Waals surface area contributed by atoms with Crippen LogP contribution in [0.5, 0.6) is 0 Å². The number of pyridine rings is 1. The molecule has 2 unspecified atom stereocenters. The van der Waals surface area contributed by atoms with Crippen molar-refractivity contribution in [2.24, 2.45) is 11.8 Å². The van der Waals surface area contributed by atoms with Crippen molar-refractivity contribution in [3.05, 3.63) is 35.9 Å². The molecule has 1 fully saturated rings. The van der Waals surface area contributed by atoms with E-state index in [4.69, 9.17) is 5.84 Å². The lowest BCUT2D eigenvalue weighted by Gasteiger charge is -2.09. The van der Waals surface area contributed by atoms with Crippen molar-refractivity contribution in [1.29, 1.82) is 0 Å². The molecule has 5 nitrogen and oxygen atoms in total. The molecular weight excluding hydrogens is 240 g/mol. The van der Waals surface area contributed by atoms with Crippen LogP contribution in [-0.4, -0.2) is 16.9 Å². The number of amides is 1. The third-order valence-corrected chi connectivity index (χ3v) is 3.53. The van der Waals surface area contributed by atoms with Crippen LogP contribution in [0.2, 0.25) is 0 Å². The van der Waals surface area contributed by atoms with Gasteiger partial charge in [-0.2, -0.15) is 0 Å². The minimum absolute atomic E-state index is 0.0653. The summed E-state index contributed by atoms with van der Waals surface area (Å²) in [7, 11) is 0. The van der Waals surface area contributed by atoms with Crippen molar-refractivity contribution in [1.82, 2.24) is 10.3 Å². The second-order valence-electron chi connectivity index (χ2n) is 5.01. The molecule has 0 bridgehead atoms. The van der Waals surface area contributed by atoms with Gasteiger partial charge in [0.15, 0.2) is 0 Å². The number of nitrogens with zero attached hydrogens (tertiary/aromatic N) is 1. The van der Waals surface area contributed by atoms with Gasteiger partial charge in [-0.05, 0) is 24.5 Å². The molecule has 2 atom stereocenters. The van der Waals surface area contributed by atoms with E-state index in [2.05, 4.69) is 22.7 Å². The summed E-state index contributed by atoms with van der Waals surface area (Å²) >= 11 is 0. The Kier molecular flexibility index (Phi) is 2.83. The fraction of sp³-hybridized carbons (Fsp3) is 0.286. The maximum absolute atomic E-state index is 12.3. The molecule has 3 rings (SSSR count). The molecule has 1 aliphatic carbocycles. The lowest BCUT2D eigenvalue weighted by molar-refractivity contribution is 0.0951. The molecule has 98 valence electrons. The molecule has 5 heteroatoms. The van der Waals surface area contributed by atoms with E-state index in [0.29, 0.717) is 23.3 Å². The van der Waals surface area contributed by atoms with Gasteiger partial charge < -0.3 is 10.7 Å². The Morgan fingerprint density at radius 1 is 1.42 bits per heavy atom. The first kappa shape index (κ1) is 11.9. The maximum Gasteiger partial charge on any atom is 0.252 e. The highest BCUT2D eigenvalue weighted by Crippen LogP contribution is 2.30. The molecule has 2 aromatic rings. The number of hydrogen-bond acceptors (Lipinski definition) is 4. The summed E-state index contributed by atoms with van der Waals surface area (Å²) in [5.41, 5.74) is 3.87. The van der Waals surface area contributed by atoms with Crippen molar-refractivity contribution in [3.8, 4) is 0 Å². The van der Waals surface area contributed by atoms with Gasteiger partial charge in [-0.25, -0.2) is 10.8 Å². The monoisotopic (exact) mass is 256 g/mol. The highest BCUT2D eigenvalue weighted by atomic mass is 16.1. The Morgan fingerprint density at radius 2 is 2.16 bits per heavy atom. The summed E-state index contributed by atoms with van der Waals surface area (Å²) in [6.07, 6.45) is 1.05. The number of anilines is 1. The topological polar surface area (TPSA) is 80.0 Å². The van der Waals surface area contributed by atoms with Gasteiger partial charge in [0.2, 0.25) is 0 Å². The Morgan fingerprint density at radius 3 is 2.84 bits per heavy atom. The highest BCUT2D eigenvalue weighted by Gasteiger charge is 2.34. The Hall–Kier alpha value is -2.14. The zero-order valence-electron chi connectivity index (χ0n) is 10.7. The molecule has 0 radical (unpaired) electrons. The number of nitrogen functional groups attached to an aromatic ring is 1. The van der Waals surface area contributed by atoms with Gasteiger partial charge in [-0.3, -0.25) is 4.79 Å². The molecule has 1 aromatic heterocycles. The third kappa shape index (κ3) is 2.24. The molecule has 1 aliphatic rings. The average Bonchev–Trinajstić information content (AvgIpc) is 3.12. The van der Waals surface area contributed by atoms with Gasteiger partial charge in [0.05, 0.1) is 11.1 Å². The summed E-state index contributed by atoms with van der Waals surface area (Å²) in [4.78, 5) is 16.6. The van der Waals surface area contributed by atoms with Crippen LogP contribution in [0.25, 0.3) is 10.9 Å². The van der Waals surface area contributed by atoms with E-state index in [9.17, 15) is 4.79 Å². The maximum atomic E-state index is 12.3. The largest absolute Gasteiger partial charge is 0.349 e. The summed E-state index contributed by atoms with van der Waals surface area (Å²) in [6.45, 7) is 2.13. The van der Waals surface area contributed by atoms with Crippen LogP contribution in [0.1, 0.15) is 23.7 Å². The van der Waals surface area contributed by atoms with E-state index in [1.165, 1.54) is 0 Å². The van der Waals surface area contributed by atoms with Gasteiger partial charge in [0.25, 0.3) is 5.91 Å². The van der Waals surface area contributed by atoms with E-state index in [1.54, 1.807) is 6.07 Å². The third-order valence-electron chi connectivity index (χ3n) is 3.53. The summed E-state index contributed by atoms with van der Waals surface area (Å²) in [6, 6.07) is 9.54. The number of benzene rings is 1. The van der Waals surface area contributed by atoms with Crippen LogP contribution in [0, 0.1) is 5.92 Å². The van der Waals surface area contributed by atoms with Crippen LogP contribution in [0.4, 0.5) is 5.82 Å². The van der Waals surface area contributed by atoms with E-state index in [0.717, 1.165) is 17.3 Å². The molecule has 0 saturated heterocycles. The van der Waals surface area contributed by atoms with Crippen LogP contribution in [0.3, 0.4) is 0 Å². The molecule has 1 saturated carbocycles. The first-order chi connectivity index (χ1) is 9.19. The fourth-order valence-electron chi connectivity index (χ4n) is 2.21. The standard InChI is InChI=1S/C14H16N4O/c1-8-6-12(8)17-14(19)10-7-13(18-15)16-11-5-3-2-4-9(10)11/h2-5,7-8,12H,6,15H2,1H3,(H,16,18)(H,17,19). The zero-order valence-corrected chi connectivity index (χ0v) is 10.7. The number of rotatable bonds is 3. The average molecular weight is 256 g/mol. The number of aromatic nitrogens is 1. The Bertz CT molecular complexity index is 640. The smallest absolute Gasteiger partial charge is 0.252 e. The SMILES string of the molecule is CC1CC1NC(=O)c1cc(NN)nc2ccccc12. The van der Waals surface area contributed by atoms with Crippen molar-refractivity contribution in [2.75, 3.05) is 5.43 Å². The van der Waals surface area contributed by atoms with Gasteiger partial charge in [0.1, 0.15) is 5.82 Å². The molecule has 19 heavy (non-hydrogen) atoms. The second-order valence-corrected chi connectivity index (χ2v) is 5.01.